The number of carboxylic acids is 1. The number of carbonyl (C=O) groups excluding carboxylic acids is 2. The maximum atomic E-state index is 11.9. The molecule has 2 aromatic rings. The van der Waals surface area contributed by atoms with Gasteiger partial charge in [0.1, 0.15) is 11.9 Å². The number of aliphatic hydroxyl groups excluding tert-OH is 1. The maximum Gasteiger partial charge on any atom is 0.269 e. The van der Waals surface area contributed by atoms with E-state index in [1.54, 1.807) is 18.2 Å². The second-order valence-electron chi connectivity index (χ2n) is 5.26. The second kappa shape index (κ2) is 8.58. The number of nitrogens with zero attached hydrogens (tertiary/aromatic N) is 1. The van der Waals surface area contributed by atoms with Crippen LogP contribution in [0.5, 0.6) is 5.75 Å². The van der Waals surface area contributed by atoms with E-state index >= 15 is 0 Å². The van der Waals surface area contributed by atoms with Crippen LogP contribution in [0.2, 0.25) is 0 Å². The Morgan fingerprint density at radius 1 is 1.12 bits per heavy atom. The van der Waals surface area contributed by atoms with Crippen LogP contribution in [-0.2, 0) is 9.59 Å². The first-order valence-corrected chi connectivity index (χ1v) is 7.49. The van der Waals surface area contributed by atoms with Gasteiger partial charge >= 0.3 is 0 Å². The van der Waals surface area contributed by atoms with Gasteiger partial charge in [-0.15, -0.1) is 0 Å². The molecule has 0 radical (unpaired) electrons. The smallest absolute Gasteiger partial charge is 0.269 e. The van der Waals surface area contributed by atoms with Crippen LogP contribution >= 0.6 is 0 Å². The number of non-ortho nitro benzene ring substituents is 1. The van der Waals surface area contributed by atoms with Gasteiger partial charge in [0, 0.05) is 12.1 Å². The SMILES string of the molecule is O=C(COc1ccc([N+](=O)[O-])cc1)N[C@H](C(=O)[O-])[C@H](O)c1ccccc1. The van der Waals surface area contributed by atoms with Crippen molar-refractivity contribution in [3.8, 4) is 5.75 Å². The highest BCUT2D eigenvalue weighted by atomic mass is 16.6. The average molecular weight is 359 g/mol. The Morgan fingerprint density at radius 2 is 1.73 bits per heavy atom. The summed E-state index contributed by atoms with van der Waals surface area (Å²) in [5.41, 5.74) is 0.170. The molecule has 136 valence electrons. The van der Waals surface area contributed by atoms with Gasteiger partial charge in [0.25, 0.3) is 11.6 Å². The predicted octanol–water partition coefficient (Wildman–Crippen LogP) is -0.0581. The van der Waals surface area contributed by atoms with E-state index in [4.69, 9.17) is 4.74 Å². The lowest BCUT2D eigenvalue weighted by atomic mass is 10.0. The summed E-state index contributed by atoms with van der Waals surface area (Å²) in [7, 11) is 0. The van der Waals surface area contributed by atoms with Crippen LogP contribution < -0.4 is 15.2 Å². The van der Waals surface area contributed by atoms with Gasteiger partial charge in [0.15, 0.2) is 6.61 Å². The molecular weight excluding hydrogens is 344 g/mol. The lowest BCUT2D eigenvalue weighted by Crippen LogP contribution is -2.52. The minimum absolute atomic E-state index is 0.134. The highest BCUT2D eigenvalue weighted by molar-refractivity contribution is 5.84. The minimum atomic E-state index is -1.66. The van der Waals surface area contributed by atoms with E-state index in [0.717, 1.165) is 0 Å². The Hall–Kier alpha value is -3.46. The summed E-state index contributed by atoms with van der Waals surface area (Å²) in [6, 6.07) is 11.3. The fraction of sp³-hybridized carbons (Fsp3) is 0.176. The van der Waals surface area contributed by atoms with Gasteiger partial charge in [-0.1, -0.05) is 30.3 Å². The summed E-state index contributed by atoms with van der Waals surface area (Å²) < 4.78 is 5.14. The van der Waals surface area contributed by atoms with Crippen molar-refractivity contribution in [1.82, 2.24) is 5.32 Å². The number of nitrogens with one attached hydrogen (secondary N) is 1. The number of amides is 1. The molecule has 2 aromatic carbocycles. The van der Waals surface area contributed by atoms with E-state index in [0.29, 0.717) is 5.56 Å². The molecule has 2 atom stereocenters. The van der Waals surface area contributed by atoms with Crippen LogP contribution in [0.4, 0.5) is 5.69 Å². The first-order valence-electron chi connectivity index (χ1n) is 7.49. The van der Waals surface area contributed by atoms with E-state index < -0.39 is 35.6 Å². The first-order chi connectivity index (χ1) is 12.4. The zero-order chi connectivity index (χ0) is 19.1. The lowest BCUT2D eigenvalue weighted by Gasteiger charge is -2.25. The van der Waals surface area contributed by atoms with E-state index in [1.807, 2.05) is 0 Å². The van der Waals surface area contributed by atoms with E-state index in [1.165, 1.54) is 36.4 Å². The van der Waals surface area contributed by atoms with Crippen LogP contribution in [-0.4, -0.2) is 34.6 Å². The fourth-order valence-electron chi connectivity index (χ4n) is 2.14. The highest BCUT2D eigenvalue weighted by Crippen LogP contribution is 2.18. The molecular formula is C17H15N2O7-. The van der Waals surface area contributed by atoms with E-state index in [-0.39, 0.29) is 11.4 Å². The summed E-state index contributed by atoms with van der Waals surface area (Å²) >= 11 is 0. The average Bonchev–Trinajstić information content (AvgIpc) is 2.64. The minimum Gasteiger partial charge on any atom is -0.548 e. The first kappa shape index (κ1) is 18.9. The van der Waals surface area contributed by atoms with Gasteiger partial charge in [-0.2, -0.15) is 0 Å². The van der Waals surface area contributed by atoms with Crippen LogP contribution in [0.1, 0.15) is 11.7 Å². The van der Waals surface area contributed by atoms with E-state index in [9.17, 15) is 29.9 Å². The van der Waals surface area contributed by atoms with Crippen molar-refractivity contribution < 1.29 is 29.5 Å². The molecule has 0 bridgehead atoms. The number of benzene rings is 2. The Kier molecular flexibility index (Phi) is 6.23. The summed E-state index contributed by atoms with van der Waals surface area (Å²) in [4.78, 5) is 33.1. The van der Waals surface area contributed by atoms with Gasteiger partial charge in [-0.3, -0.25) is 14.9 Å². The normalized spacial score (nSPS) is 12.7. The van der Waals surface area contributed by atoms with Crippen LogP contribution in [0, 0.1) is 10.1 Å². The third kappa shape index (κ3) is 5.02. The molecule has 0 aliphatic heterocycles. The number of carbonyl (C=O) groups is 2. The topological polar surface area (TPSA) is 142 Å². The van der Waals surface area contributed by atoms with Crippen molar-refractivity contribution in [3.63, 3.8) is 0 Å². The molecule has 0 aliphatic rings. The lowest BCUT2D eigenvalue weighted by molar-refractivity contribution is -0.384. The monoisotopic (exact) mass is 359 g/mol. The van der Waals surface area contributed by atoms with Crippen molar-refractivity contribution >= 4 is 17.6 Å². The van der Waals surface area contributed by atoms with Crippen LogP contribution in [0.3, 0.4) is 0 Å². The van der Waals surface area contributed by atoms with Crippen molar-refractivity contribution in [2.24, 2.45) is 0 Å². The summed E-state index contributed by atoms with van der Waals surface area (Å²) in [6.07, 6.45) is -1.50. The van der Waals surface area contributed by atoms with Gasteiger partial charge in [-0.25, -0.2) is 0 Å². The third-order valence-electron chi connectivity index (χ3n) is 3.44. The zero-order valence-corrected chi connectivity index (χ0v) is 13.4. The summed E-state index contributed by atoms with van der Waals surface area (Å²) in [5, 5.41) is 34.1. The third-order valence-corrected chi connectivity index (χ3v) is 3.44. The molecule has 0 saturated heterocycles. The number of carboxylic acid groups (broad SMARTS) is 1. The molecule has 0 fully saturated rings. The summed E-state index contributed by atoms with van der Waals surface area (Å²) in [5.74, 6) is -2.25. The molecule has 1 amide bonds. The molecule has 2 rings (SSSR count). The van der Waals surface area contributed by atoms with Gasteiger partial charge in [0.2, 0.25) is 0 Å². The molecule has 0 unspecified atom stereocenters. The molecule has 9 nitrogen and oxygen atoms in total. The fourth-order valence-corrected chi connectivity index (χ4v) is 2.14. The molecule has 9 heteroatoms. The van der Waals surface area contributed by atoms with Gasteiger partial charge in [-0.05, 0) is 17.7 Å². The van der Waals surface area contributed by atoms with Crippen molar-refractivity contribution in [3.05, 3.63) is 70.3 Å². The number of rotatable bonds is 8. The quantitative estimate of drug-likeness (QED) is 0.497. The molecule has 0 aliphatic carbocycles. The molecule has 0 spiro atoms. The molecule has 2 N–H and O–H groups in total. The number of hydrogen-bond acceptors (Lipinski definition) is 7. The predicted molar refractivity (Wildman–Crippen MR) is 86.9 cm³/mol. The summed E-state index contributed by atoms with van der Waals surface area (Å²) in [6.45, 7) is -0.539. The van der Waals surface area contributed by atoms with Gasteiger partial charge in [0.05, 0.1) is 16.9 Å². The van der Waals surface area contributed by atoms with E-state index in [2.05, 4.69) is 5.32 Å². The standard InChI is InChI=1S/C17H16N2O7/c20-14(10-26-13-8-6-12(7-9-13)19(24)25)18-15(17(22)23)16(21)11-4-2-1-3-5-11/h1-9,15-16,21H,10H2,(H,18,20)(H,22,23)/p-1/t15-,16+/m0/s1. The molecule has 26 heavy (non-hydrogen) atoms. The van der Waals surface area contributed by atoms with Crippen LogP contribution in [0.25, 0.3) is 0 Å². The molecule has 0 heterocycles. The number of aliphatic hydroxyl groups is 1. The number of nitro benzene ring substituents is 1. The zero-order valence-electron chi connectivity index (χ0n) is 13.4. The number of aliphatic carboxylic acids is 1. The molecule has 0 aromatic heterocycles. The number of hydrogen-bond donors (Lipinski definition) is 2. The second-order valence-corrected chi connectivity index (χ2v) is 5.26. The number of ether oxygens (including phenoxy) is 1. The number of nitro groups is 1. The van der Waals surface area contributed by atoms with Gasteiger partial charge < -0.3 is 25.1 Å². The Morgan fingerprint density at radius 3 is 2.27 bits per heavy atom. The largest absolute Gasteiger partial charge is 0.548 e. The van der Waals surface area contributed by atoms with Crippen molar-refractivity contribution in [1.29, 1.82) is 0 Å². The van der Waals surface area contributed by atoms with Crippen LogP contribution in [0.15, 0.2) is 54.6 Å². The van der Waals surface area contributed by atoms with Crippen molar-refractivity contribution in [2.45, 2.75) is 12.1 Å². The Balaban J connectivity index is 1.95. The Bertz CT molecular complexity index is 777. The van der Waals surface area contributed by atoms with Crippen molar-refractivity contribution in [2.75, 3.05) is 6.61 Å². The Labute approximate surface area is 148 Å². The highest BCUT2D eigenvalue weighted by Gasteiger charge is 2.24. The maximum absolute atomic E-state index is 11.9. The molecule has 0 saturated carbocycles.